The van der Waals surface area contributed by atoms with Crippen LogP contribution in [0.2, 0.25) is 0 Å². The minimum Gasteiger partial charge on any atom is -0.456 e. The van der Waals surface area contributed by atoms with Crippen LogP contribution in [0, 0.1) is 0 Å². The van der Waals surface area contributed by atoms with E-state index in [0.717, 1.165) is 33.3 Å². The molecule has 12 aromatic rings. The number of furan rings is 1. The van der Waals surface area contributed by atoms with Crippen LogP contribution in [0.1, 0.15) is 0 Å². The zero-order valence-corrected chi connectivity index (χ0v) is 30.9. The Balaban J connectivity index is 1.05. The maximum atomic E-state index is 6.19. The topological polar surface area (TPSA) is 23.0 Å². The third-order valence-electron chi connectivity index (χ3n) is 11.7. The van der Waals surface area contributed by atoms with Gasteiger partial charge in [0, 0.05) is 43.7 Å². The number of hydrogen-bond acceptors (Lipinski definition) is 1. The normalized spacial score (nSPS) is 11.9. The standard InChI is InChI=1S/C54H34N2O/c1-3-12-35(13-4-1)36-22-26-40(27-23-36)55-50-30-25-39(33-47(50)54-42(18-11-20-51(54)55)37-14-5-2-6-15-37)38-24-29-49-45(32-38)43-16-7-9-19-48(43)56(49)41-28-31-53-46(34-41)44-17-8-10-21-52(44)57-53/h1-34H. The molecule has 0 aliphatic carbocycles. The molecule has 0 radical (unpaired) electrons. The molecule has 12 rings (SSSR count). The number of fused-ring (bicyclic) bond motifs is 9. The summed E-state index contributed by atoms with van der Waals surface area (Å²) in [5.41, 5.74) is 16.1. The van der Waals surface area contributed by atoms with Crippen molar-refractivity contribution in [2.45, 2.75) is 0 Å². The number of benzene rings is 9. The van der Waals surface area contributed by atoms with Crippen molar-refractivity contribution >= 4 is 65.6 Å². The molecular formula is C54H34N2O. The molecule has 3 heterocycles. The van der Waals surface area contributed by atoms with Crippen LogP contribution in [0.5, 0.6) is 0 Å². The van der Waals surface area contributed by atoms with E-state index in [1.807, 2.05) is 12.1 Å². The highest BCUT2D eigenvalue weighted by Gasteiger charge is 2.19. The van der Waals surface area contributed by atoms with E-state index in [-0.39, 0.29) is 0 Å². The molecule has 0 aliphatic heterocycles. The van der Waals surface area contributed by atoms with E-state index in [2.05, 4.69) is 203 Å². The summed E-state index contributed by atoms with van der Waals surface area (Å²) in [6.07, 6.45) is 0. The maximum Gasteiger partial charge on any atom is 0.135 e. The third-order valence-corrected chi connectivity index (χ3v) is 11.7. The monoisotopic (exact) mass is 726 g/mol. The molecule has 3 heteroatoms. The molecule has 9 aromatic carbocycles. The largest absolute Gasteiger partial charge is 0.456 e. The lowest BCUT2D eigenvalue weighted by atomic mass is 9.97. The van der Waals surface area contributed by atoms with Gasteiger partial charge in [0.05, 0.1) is 22.1 Å². The summed E-state index contributed by atoms with van der Waals surface area (Å²) in [4.78, 5) is 0. The molecule has 266 valence electrons. The second-order valence-electron chi connectivity index (χ2n) is 14.9. The Morgan fingerprint density at radius 1 is 0.281 bits per heavy atom. The molecule has 0 fully saturated rings. The fourth-order valence-electron chi connectivity index (χ4n) is 9.10. The first-order valence-electron chi connectivity index (χ1n) is 19.5. The van der Waals surface area contributed by atoms with Gasteiger partial charge in [-0.25, -0.2) is 0 Å². The van der Waals surface area contributed by atoms with Gasteiger partial charge in [0.25, 0.3) is 0 Å². The van der Waals surface area contributed by atoms with E-state index < -0.39 is 0 Å². The average molecular weight is 727 g/mol. The highest BCUT2D eigenvalue weighted by atomic mass is 16.3. The predicted molar refractivity (Wildman–Crippen MR) is 239 cm³/mol. The molecule has 0 saturated carbocycles. The molecule has 3 nitrogen and oxygen atoms in total. The fourth-order valence-corrected chi connectivity index (χ4v) is 9.10. The average Bonchev–Trinajstić information content (AvgIpc) is 3.94. The third kappa shape index (κ3) is 4.92. The molecule has 0 N–H and O–H groups in total. The van der Waals surface area contributed by atoms with Crippen molar-refractivity contribution in [3.05, 3.63) is 206 Å². The highest BCUT2D eigenvalue weighted by Crippen LogP contribution is 2.42. The Hall–Kier alpha value is -7.62. The molecule has 0 aliphatic rings. The van der Waals surface area contributed by atoms with Crippen LogP contribution in [-0.4, -0.2) is 9.13 Å². The Morgan fingerprint density at radius 2 is 0.825 bits per heavy atom. The lowest BCUT2D eigenvalue weighted by Crippen LogP contribution is -1.94. The number of nitrogens with zero attached hydrogens (tertiary/aromatic N) is 2. The summed E-state index contributed by atoms with van der Waals surface area (Å²) >= 11 is 0. The molecule has 0 spiro atoms. The van der Waals surface area contributed by atoms with E-state index in [4.69, 9.17) is 4.42 Å². The lowest BCUT2D eigenvalue weighted by molar-refractivity contribution is 0.669. The SMILES string of the molecule is c1ccc(-c2ccc(-n3c4ccc(-c5ccc6c(c5)c5ccccc5n6-c5ccc6oc7ccccc7c6c5)cc4c4c(-c5ccccc5)cccc43)cc2)cc1. The van der Waals surface area contributed by atoms with Crippen LogP contribution in [0.4, 0.5) is 0 Å². The molecule has 0 amide bonds. The lowest BCUT2D eigenvalue weighted by Gasteiger charge is -2.10. The van der Waals surface area contributed by atoms with Gasteiger partial charge in [0.15, 0.2) is 0 Å². The Bertz CT molecular complexity index is 3490. The summed E-state index contributed by atoms with van der Waals surface area (Å²) in [5, 5.41) is 7.21. The van der Waals surface area contributed by atoms with Crippen molar-refractivity contribution in [2.75, 3.05) is 0 Å². The summed E-state index contributed by atoms with van der Waals surface area (Å²) in [7, 11) is 0. The molecule has 0 bridgehead atoms. The van der Waals surface area contributed by atoms with Gasteiger partial charge in [-0.2, -0.15) is 0 Å². The van der Waals surface area contributed by atoms with Crippen molar-refractivity contribution in [1.82, 2.24) is 9.13 Å². The smallest absolute Gasteiger partial charge is 0.135 e. The van der Waals surface area contributed by atoms with Gasteiger partial charge in [-0.05, 0) is 106 Å². The van der Waals surface area contributed by atoms with Crippen LogP contribution >= 0.6 is 0 Å². The molecule has 57 heavy (non-hydrogen) atoms. The first-order valence-corrected chi connectivity index (χ1v) is 19.5. The summed E-state index contributed by atoms with van der Waals surface area (Å²) in [6.45, 7) is 0. The number of hydrogen-bond donors (Lipinski definition) is 0. The number of aromatic nitrogens is 2. The van der Waals surface area contributed by atoms with Crippen molar-refractivity contribution < 1.29 is 4.42 Å². The molecule has 0 saturated heterocycles. The fraction of sp³-hybridized carbons (Fsp3) is 0. The zero-order valence-electron chi connectivity index (χ0n) is 30.9. The molecule has 0 unspecified atom stereocenters. The Labute approximate surface area is 328 Å². The van der Waals surface area contributed by atoms with Gasteiger partial charge in [-0.1, -0.05) is 133 Å². The van der Waals surface area contributed by atoms with Crippen molar-refractivity contribution in [1.29, 1.82) is 0 Å². The second kappa shape index (κ2) is 12.5. The first-order chi connectivity index (χ1) is 28.3. The number of para-hydroxylation sites is 2. The van der Waals surface area contributed by atoms with E-state index in [1.54, 1.807) is 0 Å². The van der Waals surface area contributed by atoms with Gasteiger partial charge < -0.3 is 13.6 Å². The number of rotatable bonds is 5. The highest BCUT2D eigenvalue weighted by molar-refractivity contribution is 6.17. The van der Waals surface area contributed by atoms with Crippen molar-refractivity contribution in [3.8, 4) is 44.8 Å². The van der Waals surface area contributed by atoms with Gasteiger partial charge in [-0.15, -0.1) is 0 Å². The quantitative estimate of drug-likeness (QED) is 0.173. The summed E-state index contributed by atoms with van der Waals surface area (Å²) in [6, 6.07) is 74.6. The van der Waals surface area contributed by atoms with Crippen LogP contribution in [0.25, 0.3) is 110 Å². The van der Waals surface area contributed by atoms with Gasteiger partial charge >= 0.3 is 0 Å². The Morgan fingerprint density at radius 3 is 1.61 bits per heavy atom. The van der Waals surface area contributed by atoms with Crippen LogP contribution in [-0.2, 0) is 0 Å². The summed E-state index contributed by atoms with van der Waals surface area (Å²) in [5.74, 6) is 0. The van der Waals surface area contributed by atoms with Crippen LogP contribution in [0.3, 0.4) is 0 Å². The minimum atomic E-state index is 0.902. The predicted octanol–water partition coefficient (Wildman–Crippen LogP) is 14.8. The molecule has 3 aromatic heterocycles. The zero-order chi connectivity index (χ0) is 37.5. The van der Waals surface area contributed by atoms with E-state index in [0.29, 0.717) is 0 Å². The maximum absolute atomic E-state index is 6.19. The Kier molecular flexibility index (Phi) is 6.93. The van der Waals surface area contributed by atoms with E-state index >= 15 is 0 Å². The minimum absolute atomic E-state index is 0.902. The van der Waals surface area contributed by atoms with Crippen molar-refractivity contribution in [2.24, 2.45) is 0 Å². The van der Waals surface area contributed by atoms with Crippen LogP contribution in [0.15, 0.2) is 211 Å². The molecule has 0 atom stereocenters. The second-order valence-corrected chi connectivity index (χ2v) is 14.9. The van der Waals surface area contributed by atoms with Gasteiger partial charge in [0.1, 0.15) is 11.2 Å². The van der Waals surface area contributed by atoms with Crippen LogP contribution < -0.4 is 0 Å². The van der Waals surface area contributed by atoms with E-state index in [9.17, 15) is 0 Å². The summed E-state index contributed by atoms with van der Waals surface area (Å²) < 4.78 is 11.0. The molecular weight excluding hydrogens is 693 g/mol. The van der Waals surface area contributed by atoms with E-state index in [1.165, 1.54) is 77.0 Å². The van der Waals surface area contributed by atoms with Gasteiger partial charge in [0.2, 0.25) is 0 Å². The first kappa shape index (κ1) is 31.7. The van der Waals surface area contributed by atoms with Gasteiger partial charge in [-0.3, -0.25) is 0 Å². The van der Waals surface area contributed by atoms with Crippen molar-refractivity contribution in [3.63, 3.8) is 0 Å².